The smallest absolute Gasteiger partial charge is 0.407 e. The van der Waals surface area contributed by atoms with Crippen LogP contribution in [0, 0.1) is 19.8 Å². The summed E-state index contributed by atoms with van der Waals surface area (Å²) in [6.45, 7) is 13.6. The second-order valence-electron chi connectivity index (χ2n) is 11.2. The van der Waals surface area contributed by atoms with Crippen LogP contribution in [-0.4, -0.2) is 54.4 Å². The second-order valence-corrected chi connectivity index (χ2v) is 15.5. The van der Waals surface area contributed by atoms with Gasteiger partial charge in [-0.25, -0.2) is 22.6 Å². The number of rotatable bonds is 12. The van der Waals surface area contributed by atoms with Gasteiger partial charge in [-0.15, -0.1) is 23.1 Å². The first-order valence-corrected chi connectivity index (χ1v) is 16.9. The lowest BCUT2D eigenvalue weighted by atomic mass is 10.2. The van der Waals surface area contributed by atoms with Crippen LogP contribution in [0.3, 0.4) is 0 Å². The van der Waals surface area contributed by atoms with E-state index in [9.17, 15) is 22.8 Å². The first kappa shape index (κ1) is 33.4. The van der Waals surface area contributed by atoms with Crippen LogP contribution in [0.2, 0.25) is 0 Å². The van der Waals surface area contributed by atoms with E-state index in [4.69, 9.17) is 4.74 Å². The Kier molecular flexibility index (Phi) is 11.1. The molecule has 2 aliphatic heterocycles. The van der Waals surface area contributed by atoms with E-state index in [1.807, 2.05) is 6.92 Å². The van der Waals surface area contributed by atoms with Gasteiger partial charge in [-0.2, -0.15) is 4.98 Å². The predicted molar refractivity (Wildman–Crippen MR) is 167 cm³/mol. The Labute approximate surface area is 255 Å². The molecule has 2 aliphatic rings. The van der Waals surface area contributed by atoms with Crippen molar-refractivity contribution >= 4 is 50.9 Å². The molecule has 3 N–H and O–H groups in total. The summed E-state index contributed by atoms with van der Waals surface area (Å²) in [5.41, 5.74) is -0.140. The molecule has 0 saturated carbocycles. The number of fused-ring (bicyclic) bond motifs is 1. The van der Waals surface area contributed by atoms with Gasteiger partial charge in [0.1, 0.15) is 17.0 Å². The number of imidazole rings is 1. The van der Waals surface area contributed by atoms with Crippen LogP contribution in [-0.2, 0) is 14.8 Å². The molecule has 0 atom stereocenters. The monoisotopic (exact) mass is 637 g/mol. The summed E-state index contributed by atoms with van der Waals surface area (Å²) in [6, 6.07) is 6.33. The Hall–Kier alpha value is -3.10. The molecular formula is C28H39N5O6S3. The van der Waals surface area contributed by atoms with Gasteiger partial charge in [-0.05, 0) is 71.3 Å². The van der Waals surface area contributed by atoms with Crippen molar-refractivity contribution in [2.45, 2.75) is 76.0 Å². The average Bonchev–Trinajstić information content (AvgIpc) is 3.17. The number of hydrogen-bond acceptors (Lipinski definition) is 9. The highest BCUT2D eigenvalue weighted by Crippen LogP contribution is 2.39. The van der Waals surface area contributed by atoms with Crippen molar-refractivity contribution in [1.82, 2.24) is 20.2 Å². The molecule has 0 aromatic heterocycles. The van der Waals surface area contributed by atoms with Crippen molar-refractivity contribution in [3.05, 3.63) is 50.9 Å². The van der Waals surface area contributed by atoms with Crippen molar-refractivity contribution in [2.24, 2.45) is 5.92 Å². The first-order valence-electron chi connectivity index (χ1n) is 13.6. The zero-order valence-corrected chi connectivity index (χ0v) is 27.4. The van der Waals surface area contributed by atoms with Gasteiger partial charge in [0.05, 0.1) is 9.10 Å². The highest BCUT2D eigenvalue weighted by Gasteiger charge is 2.30. The highest BCUT2D eigenvalue weighted by molar-refractivity contribution is 8.01. The maximum absolute atomic E-state index is 13.3. The molecule has 42 heavy (non-hydrogen) atoms. The summed E-state index contributed by atoms with van der Waals surface area (Å²) in [7, 11) is -4.06. The van der Waals surface area contributed by atoms with Crippen LogP contribution >= 0.6 is 23.1 Å². The Morgan fingerprint density at radius 3 is 2.36 bits per heavy atom. The lowest BCUT2D eigenvalue weighted by Crippen LogP contribution is -2.35. The predicted octanol–water partition coefficient (Wildman–Crippen LogP) is 4.93. The minimum Gasteiger partial charge on any atom is -0.444 e. The first-order chi connectivity index (χ1) is 19.6. The molecule has 0 fully saturated rings. The molecule has 0 aliphatic carbocycles. The minimum absolute atomic E-state index is 0.0319. The molecule has 1 aromatic rings. The van der Waals surface area contributed by atoms with Gasteiger partial charge < -0.3 is 15.4 Å². The van der Waals surface area contributed by atoms with E-state index in [0.29, 0.717) is 21.4 Å². The normalized spacial score (nSPS) is 12.0. The molecule has 0 saturated heterocycles. The number of benzene rings is 1. The number of anilines is 1. The standard InChI is InChI=1S/C28H39N5O6S3/c1-17(2)13-16-40-25-22-23(32-42(37,38)20-11-9-18(3)10-12-20)31-26(35)33(22)21(19(4)41-25)24(34)29-14-8-15-30-27(36)39-28(5,6)7/h9-12,17H,8,13-16H2,1-7H3,(H,29,34)(H,30,36)(H,31,32,35). The number of aryl methyl sites for hydroxylation is 2. The Morgan fingerprint density at radius 1 is 1.10 bits per heavy atom. The quantitative estimate of drug-likeness (QED) is 0.187. The maximum Gasteiger partial charge on any atom is 0.407 e. The number of aromatic nitrogens is 2. The Balaban J connectivity index is 1.88. The third kappa shape index (κ3) is 8.95. The van der Waals surface area contributed by atoms with Crippen LogP contribution in [0.1, 0.15) is 68.4 Å². The third-order valence-electron chi connectivity index (χ3n) is 5.86. The van der Waals surface area contributed by atoms with Gasteiger partial charge in [-0.3, -0.25) is 9.52 Å². The molecule has 2 amide bonds. The molecular weight excluding hydrogens is 599 g/mol. The average molecular weight is 638 g/mol. The largest absolute Gasteiger partial charge is 0.444 e. The van der Waals surface area contributed by atoms with Gasteiger partial charge in [-0.1, -0.05) is 31.5 Å². The van der Waals surface area contributed by atoms with Crippen LogP contribution in [0.4, 0.5) is 10.6 Å². The summed E-state index contributed by atoms with van der Waals surface area (Å²) in [4.78, 5) is 43.0. The molecule has 2 heterocycles. The fraction of sp³-hybridized carbons (Fsp3) is 0.500. The van der Waals surface area contributed by atoms with Crippen molar-refractivity contribution in [1.29, 1.82) is 0 Å². The summed E-state index contributed by atoms with van der Waals surface area (Å²) in [6.07, 6.45) is 0.786. The number of sulfonamides is 1. The van der Waals surface area contributed by atoms with Gasteiger partial charge in [0.15, 0.2) is 5.82 Å². The van der Waals surface area contributed by atoms with Crippen molar-refractivity contribution < 1.29 is 22.7 Å². The second kappa shape index (κ2) is 13.9. The van der Waals surface area contributed by atoms with E-state index < -0.39 is 33.3 Å². The lowest BCUT2D eigenvalue weighted by molar-refractivity contribution is 0.0527. The van der Waals surface area contributed by atoms with Gasteiger partial charge in [0.25, 0.3) is 15.9 Å². The molecule has 14 heteroatoms. The maximum atomic E-state index is 13.3. The molecule has 0 radical (unpaired) electrons. The van der Waals surface area contributed by atoms with Crippen molar-refractivity contribution in [2.75, 3.05) is 23.6 Å². The van der Waals surface area contributed by atoms with Gasteiger partial charge in [0, 0.05) is 18.0 Å². The van der Waals surface area contributed by atoms with Crippen LogP contribution in [0.15, 0.2) is 38.2 Å². The number of nitrogens with one attached hydrogen (secondary N) is 3. The van der Waals surface area contributed by atoms with E-state index in [2.05, 4.69) is 34.2 Å². The van der Waals surface area contributed by atoms with E-state index >= 15 is 0 Å². The molecule has 0 bridgehead atoms. The molecule has 11 nitrogen and oxygen atoms in total. The number of carbonyl (C=O) groups excluding carboxylic acids is 2. The Morgan fingerprint density at radius 2 is 1.74 bits per heavy atom. The molecule has 3 rings (SSSR count). The zero-order valence-electron chi connectivity index (χ0n) is 25.0. The number of thioether (sulfide) groups is 1. The number of amides is 2. The summed E-state index contributed by atoms with van der Waals surface area (Å²) in [5, 5.41) is 5.43. The molecule has 1 aromatic carbocycles. The number of ether oxygens (including phenoxy) is 1. The molecule has 230 valence electrons. The summed E-state index contributed by atoms with van der Waals surface area (Å²) < 4.78 is 36.0. The molecule has 0 unspecified atom stereocenters. The van der Waals surface area contributed by atoms with Gasteiger partial charge >= 0.3 is 11.8 Å². The fourth-order valence-corrected chi connectivity index (χ4v) is 7.60. The van der Waals surface area contributed by atoms with E-state index in [1.165, 1.54) is 39.8 Å². The zero-order chi connectivity index (χ0) is 31.2. The number of nitrogens with zero attached hydrogens (tertiary/aromatic N) is 2. The van der Waals surface area contributed by atoms with Crippen LogP contribution < -0.4 is 21.0 Å². The van der Waals surface area contributed by atoms with E-state index in [-0.39, 0.29) is 35.2 Å². The topological polar surface area (TPSA) is 148 Å². The third-order valence-corrected chi connectivity index (χ3v) is 9.59. The van der Waals surface area contributed by atoms with Gasteiger partial charge in [0.2, 0.25) is 0 Å². The van der Waals surface area contributed by atoms with Crippen LogP contribution in [0.5, 0.6) is 0 Å². The summed E-state index contributed by atoms with van der Waals surface area (Å²) in [5.74, 6) is 0.559. The molecule has 0 spiro atoms. The fourth-order valence-electron chi connectivity index (χ4n) is 3.79. The number of alkyl carbamates (subject to hydrolysis) is 1. The lowest BCUT2D eigenvalue weighted by Gasteiger charge is -2.19. The van der Waals surface area contributed by atoms with E-state index in [1.54, 1.807) is 39.8 Å². The number of hydrogen-bond donors (Lipinski definition) is 3. The van der Waals surface area contributed by atoms with Crippen molar-refractivity contribution in [3.8, 4) is 5.69 Å². The Bertz CT molecular complexity index is 1540. The summed E-state index contributed by atoms with van der Waals surface area (Å²) >= 11 is 2.81. The van der Waals surface area contributed by atoms with Crippen LogP contribution in [0.25, 0.3) is 5.69 Å². The minimum atomic E-state index is -4.06. The van der Waals surface area contributed by atoms with Crippen molar-refractivity contribution in [3.63, 3.8) is 0 Å². The SMILES string of the molecule is Cc1ccc(S(=O)(=O)Nc2nc(=O)n3c(C(=O)NCCCNC(=O)OC(C)(C)C)c(C)sc(SCCC(C)C)c2-3)cc1. The highest BCUT2D eigenvalue weighted by atomic mass is 32.2. The van der Waals surface area contributed by atoms with E-state index in [0.717, 1.165) is 17.7 Å². The number of carbonyl (C=O) groups is 2.